The molecule has 2 rings (SSSR count). The average molecular weight is 242 g/mol. The SMILES string of the molecule is COc1cc(Cl)c(C)c(C2CNCCO2)c1. The summed E-state index contributed by atoms with van der Waals surface area (Å²) in [7, 11) is 1.64. The summed E-state index contributed by atoms with van der Waals surface area (Å²) in [5.74, 6) is 0.778. The Morgan fingerprint density at radius 1 is 1.50 bits per heavy atom. The van der Waals surface area contributed by atoms with Gasteiger partial charge in [0, 0.05) is 18.1 Å². The maximum atomic E-state index is 6.16. The number of ether oxygens (including phenoxy) is 2. The molecule has 1 aromatic rings. The zero-order valence-electron chi connectivity index (χ0n) is 9.55. The maximum absolute atomic E-state index is 6.16. The van der Waals surface area contributed by atoms with E-state index in [2.05, 4.69) is 5.32 Å². The number of morpholine rings is 1. The van der Waals surface area contributed by atoms with E-state index in [0.29, 0.717) is 0 Å². The minimum Gasteiger partial charge on any atom is -0.497 e. The van der Waals surface area contributed by atoms with E-state index in [1.807, 2.05) is 19.1 Å². The van der Waals surface area contributed by atoms with Crippen LogP contribution in [0.1, 0.15) is 17.2 Å². The van der Waals surface area contributed by atoms with Gasteiger partial charge in [0.25, 0.3) is 0 Å². The quantitative estimate of drug-likeness (QED) is 0.862. The molecule has 3 nitrogen and oxygen atoms in total. The van der Waals surface area contributed by atoms with E-state index < -0.39 is 0 Å². The van der Waals surface area contributed by atoms with Gasteiger partial charge in [-0.15, -0.1) is 0 Å². The first-order chi connectivity index (χ1) is 7.72. The Balaban J connectivity index is 2.33. The summed E-state index contributed by atoms with van der Waals surface area (Å²) in [4.78, 5) is 0. The van der Waals surface area contributed by atoms with E-state index in [0.717, 1.165) is 41.6 Å². The van der Waals surface area contributed by atoms with E-state index in [9.17, 15) is 0 Å². The van der Waals surface area contributed by atoms with Crippen molar-refractivity contribution >= 4 is 11.6 Å². The van der Waals surface area contributed by atoms with Gasteiger partial charge in [-0.1, -0.05) is 11.6 Å². The molecule has 0 spiro atoms. The van der Waals surface area contributed by atoms with Gasteiger partial charge in [0.1, 0.15) is 5.75 Å². The van der Waals surface area contributed by atoms with Crippen LogP contribution < -0.4 is 10.1 Å². The molecule has 16 heavy (non-hydrogen) atoms. The molecule has 1 aliphatic heterocycles. The number of methoxy groups -OCH3 is 1. The molecule has 1 aromatic carbocycles. The van der Waals surface area contributed by atoms with Gasteiger partial charge in [0.05, 0.1) is 19.8 Å². The van der Waals surface area contributed by atoms with Crippen molar-refractivity contribution in [3.63, 3.8) is 0 Å². The van der Waals surface area contributed by atoms with Gasteiger partial charge in [0.2, 0.25) is 0 Å². The molecule has 1 N–H and O–H groups in total. The predicted molar refractivity (Wildman–Crippen MR) is 64.3 cm³/mol. The first kappa shape index (κ1) is 11.7. The standard InChI is InChI=1S/C12H16ClNO2/c1-8-10(12-7-14-3-4-16-12)5-9(15-2)6-11(8)13/h5-6,12,14H,3-4,7H2,1-2H3. The van der Waals surface area contributed by atoms with Gasteiger partial charge in [0.15, 0.2) is 0 Å². The molecule has 0 saturated carbocycles. The average Bonchev–Trinajstić information content (AvgIpc) is 2.33. The topological polar surface area (TPSA) is 30.5 Å². The van der Waals surface area contributed by atoms with Crippen molar-refractivity contribution in [3.05, 3.63) is 28.3 Å². The van der Waals surface area contributed by atoms with Crippen molar-refractivity contribution in [2.75, 3.05) is 26.8 Å². The van der Waals surface area contributed by atoms with Crippen molar-refractivity contribution in [2.45, 2.75) is 13.0 Å². The minimum atomic E-state index is 0.0707. The second kappa shape index (κ2) is 5.04. The van der Waals surface area contributed by atoms with Gasteiger partial charge in [-0.2, -0.15) is 0 Å². The summed E-state index contributed by atoms with van der Waals surface area (Å²) < 4.78 is 10.9. The Labute approximate surface area is 101 Å². The highest BCUT2D eigenvalue weighted by Crippen LogP contribution is 2.31. The lowest BCUT2D eigenvalue weighted by atomic mass is 10.0. The summed E-state index contributed by atoms with van der Waals surface area (Å²) in [5.41, 5.74) is 2.17. The lowest BCUT2D eigenvalue weighted by Gasteiger charge is -2.26. The third-order valence-electron chi connectivity index (χ3n) is 2.87. The molecule has 1 unspecified atom stereocenters. The van der Waals surface area contributed by atoms with Crippen LogP contribution in [0.25, 0.3) is 0 Å². The zero-order chi connectivity index (χ0) is 11.5. The third kappa shape index (κ3) is 2.32. The molecule has 0 radical (unpaired) electrons. The number of hydrogen-bond acceptors (Lipinski definition) is 3. The van der Waals surface area contributed by atoms with Crippen molar-refractivity contribution in [2.24, 2.45) is 0 Å². The van der Waals surface area contributed by atoms with Gasteiger partial charge >= 0.3 is 0 Å². The van der Waals surface area contributed by atoms with Gasteiger partial charge in [-0.25, -0.2) is 0 Å². The summed E-state index contributed by atoms with van der Waals surface area (Å²) in [5, 5.41) is 4.03. The van der Waals surface area contributed by atoms with E-state index in [1.54, 1.807) is 7.11 Å². The van der Waals surface area contributed by atoms with Gasteiger partial charge in [-0.3, -0.25) is 0 Å². The van der Waals surface area contributed by atoms with Crippen molar-refractivity contribution in [1.82, 2.24) is 5.32 Å². The Hall–Kier alpha value is -0.770. The third-order valence-corrected chi connectivity index (χ3v) is 3.26. The second-order valence-electron chi connectivity index (χ2n) is 3.89. The van der Waals surface area contributed by atoms with Crippen LogP contribution in [-0.2, 0) is 4.74 Å². The molecule has 1 heterocycles. The normalized spacial score (nSPS) is 20.8. The molecule has 1 fully saturated rings. The first-order valence-corrected chi connectivity index (χ1v) is 5.76. The fourth-order valence-corrected chi connectivity index (χ4v) is 2.11. The Bertz CT molecular complexity index is 376. The number of nitrogens with one attached hydrogen (secondary N) is 1. The zero-order valence-corrected chi connectivity index (χ0v) is 10.3. The summed E-state index contributed by atoms with van der Waals surface area (Å²) in [6.45, 7) is 4.48. The van der Waals surface area contributed by atoms with Crippen LogP contribution in [0.5, 0.6) is 5.75 Å². The van der Waals surface area contributed by atoms with Crippen molar-refractivity contribution < 1.29 is 9.47 Å². The number of rotatable bonds is 2. The van der Waals surface area contributed by atoms with Gasteiger partial charge < -0.3 is 14.8 Å². The fraction of sp³-hybridized carbons (Fsp3) is 0.500. The second-order valence-corrected chi connectivity index (χ2v) is 4.29. The number of halogens is 1. The molecular weight excluding hydrogens is 226 g/mol. The van der Waals surface area contributed by atoms with Crippen LogP contribution in [-0.4, -0.2) is 26.8 Å². The van der Waals surface area contributed by atoms with Crippen LogP contribution in [0, 0.1) is 6.92 Å². The van der Waals surface area contributed by atoms with Crippen LogP contribution in [0.15, 0.2) is 12.1 Å². The number of benzene rings is 1. The largest absolute Gasteiger partial charge is 0.497 e. The lowest BCUT2D eigenvalue weighted by molar-refractivity contribution is 0.0272. The van der Waals surface area contributed by atoms with Gasteiger partial charge in [-0.05, 0) is 30.2 Å². The van der Waals surface area contributed by atoms with Crippen LogP contribution >= 0.6 is 11.6 Å². The predicted octanol–water partition coefficient (Wildman–Crippen LogP) is 2.32. The molecule has 88 valence electrons. The molecule has 1 aliphatic rings. The molecule has 4 heteroatoms. The Morgan fingerprint density at radius 3 is 2.94 bits per heavy atom. The fourth-order valence-electron chi connectivity index (χ4n) is 1.89. The molecule has 0 aromatic heterocycles. The smallest absolute Gasteiger partial charge is 0.120 e. The minimum absolute atomic E-state index is 0.0707. The van der Waals surface area contributed by atoms with E-state index in [-0.39, 0.29) is 6.10 Å². The lowest BCUT2D eigenvalue weighted by Crippen LogP contribution is -2.33. The Kier molecular flexibility index (Phi) is 3.69. The monoisotopic (exact) mass is 241 g/mol. The molecular formula is C12H16ClNO2. The highest BCUT2D eigenvalue weighted by molar-refractivity contribution is 6.31. The molecule has 1 saturated heterocycles. The number of hydrogen-bond donors (Lipinski definition) is 1. The first-order valence-electron chi connectivity index (χ1n) is 5.38. The molecule has 1 atom stereocenters. The van der Waals surface area contributed by atoms with E-state index >= 15 is 0 Å². The van der Waals surface area contributed by atoms with Crippen LogP contribution in [0.2, 0.25) is 5.02 Å². The van der Waals surface area contributed by atoms with E-state index in [4.69, 9.17) is 21.1 Å². The summed E-state index contributed by atoms with van der Waals surface area (Å²) >= 11 is 6.16. The highest BCUT2D eigenvalue weighted by atomic mass is 35.5. The van der Waals surface area contributed by atoms with E-state index in [1.165, 1.54) is 0 Å². The molecule has 0 bridgehead atoms. The van der Waals surface area contributed by atoms with Crippen LogP contribution in [0.4, 0.5) is 0 Å². The van der Waals surface area contributed by atoms with Crippen LogP contribution in [0.3, 0.4) is 0 Å². The Morgan fingerprint density at radius 2 is 2.31 bits per heavy atom. The molecule has 0 aliphatic carbocycles. The highest BCUT2D eigenvalue weighted by Gasteiger charge is 2.19. The molecule has 0 amide bonds. The summed E-state index contributed by atoms with van der Waals surface area (Å²) in [6.07, 6.45) is 0.0707. The summed E-state index contributed by atoms with van der Waals surface area (Å²) in [6, 6.07) is 3.83. The van der Waals surface area contributed by atoms with Crippen molar-refractivity contribution in [1.29, 1.82) is 0 Å². The maximum Gasteiger partial charge on any atom is 0.120 e. The van der Waals surface area contributed by atoms with Crippen molar-refractivity contribution in [3.8, 4) is 5.75 Å².